The number of carbonyl (C=O) groups excluding carboxylic acids is 3. The summed E-state index contributed by atoms with van der Waals surface area (Å²) in [7, 11) is 1.47. The van der Waals surface area contributed by atoms with Crippen molar-refractivity contribution in [1.82, 2.24) is 4.90 Å². The number of nitrogens with zero attached hydrogens (tertiary/aromatic N) is 1. The number of alkyl halides is 3. The van der Waals surface area contributed by atoms with Crippen molar-refractivity contribution in [2.45, 2.75) is 44.8 Å². The van der Waals surface area contributed by atoms with Crippen molar-refractivity contribution >= 4 is 23.6 Å². The second-order valence-corrected chi connectivity index (χ2v) is 9.88. The van der Waals surface area contributed by atoms with Gasteiger partial charge in [-0.2, -0.15) is 13.2 Å². The summed E-state index contributed by atoms with van der Waals surface area (Å²) >= 11 is 0. The third-order valence-electron chi connectivity index (χ3n) is 7.03. The predicted octanol–water partition coefficient (Wildman–Crippen LogP) is 6.05. The fourth-order valence-electron chi connectivity index (χ4n) is 4.87. The van der Waals surface area contributed by atoms with E-state index < -0.39 is 35.7 Å². The molecule has 0 spiro atoms. The number of rotatable bonds is 10. The molecule has 1 heterocycles. The third-order valence-corrected chi connectivity index (χ3v) is 7.03. The lowest BCUT2D eigenvalue weighted by atomic mass is 9.93. The third kappa shape index (κ3) is 7.45. The SMILES string of the molecule is CCC(Cc1ccc(OC)c(CC(=O)Nc2ccc(C(F)(F)F)cc2)c1)C(=O)N1C(=O)OC[C@@H]1Cc1ccccc1. The van der Waals surface area contributed by atoms with E-state index in [0.29, 0.717) is 30.6 Å². The van der Waals surface area contributed by atoms with Crippen molar-refractivity contribution in [2.75, 3.05) is 19.0 Å². The summed E-state index contributed by atoms with van der Waals surface area (Å²) in [5.74, 6) is -0.789. The van der Waals surface area contributed by atoms with Crippen LogP contribution in [-0.4, -0.2) is 42.6 Å². The van der Waals surface area contributed by atoms with Crippen LogP contribution in [0.15, 0.2) is 72.8 Å². The largest absolute Gasteiger partial charge is 0.496 e. The number of benzene rings is 3. The van der Waals surface area contributed by atoms with Crippen LogP contribution in [0.4, 0.5) is 23.7 Å². The number of imide groups is 1. The first-order valence-electron chi connectivity index (χ1n) is 13.3. The van der Waals surface area contributed by atoms with Crippen molar-refractivity contribution in [1.29, 1.82) is 0 Å². The normalized spacial score (nSPS) is 15.8. The minimum absolute atomic E-state index is 0.0969. The van der Waals surface area contributed by atoms with Gasteiger partial charge in [0.1, 0.15) is 12.4 Å². The molecule has 3 amide bonds. The second-order valence-electron chi connectivity index (χ2n) is 9.88. The minimum atomic E-state index is -4.47. The van der Waals surface area contributed by atoms with Gasteiger partial charge in [-0.05, 0) is 60.7 Å². The average molecular weight is 569 g/mol. The maximum absolute atomic E-state index is 13.5. The Morgan fingerprint density at radius 1 is 1.05 bits per heavy atom. The zero-order valence-electron chi connectivity index (χ0n) is 22.7. The molecule has 0 bridgehead atoms. The van der Waals surface area contributed by atoms with Gasteiger partial charge in [-0.15, -0.1) is 0 Å². The van der Waals surface area contributed by atoms with Crippen LogP contribution in [-0.2, 0) is 39.8 Å². The van der Waals surface area contributed by atoms with Crippen molar-refractivity contribution in [3.05, 3.63) is 95.1 Å². The van der Waals surface area contributed by atoms with Crippen LogP contribution >= 0.6 is 0 Å². The van der Waals surface area contributed by atoms with Crippen LogP contribution < -0.4 is 10.1 Å². The number of ether oxygens (including phenoxy) is 2. The molecule has 0 radical (unpaired) electrons. The van der Waals surface area contributed by atoms with Gasteiger partial charge in [0.2, 0.25) is 11.8 Å². The summed E-state index contributed by atoms with van der Waals surface area (Å²) in [6.07, 6.45) is -3.91. The Hall–Kier alpha value is -4.34. The first kappa shape index (κ1) is 29.6. The molecular formula is C31H31F3N2O5. The van der Waals surface area contributed by atoms with Gasteiger partial charge in [-0.1, -0.05) is 49.4 Å². The van der Waals surface area contributed by atoms with Crippen LogP contribution in [0.25, 0.3) is 0 Å². The fourth-order valence-corrected chi connectivity index (χ4v) is 4.87. The molecule has 0 aliphatic carbocycles. The van der Waals surface area contributed by atoms with Crippen molar-refractivity contribution in [3.8, 4) is 5.75 Å². The number of anilines is 1. The highest BCUT2D eigenvalue weighted by Gasteiger charge is 2.40. The first-order chi connectivity index (χ1) is 19.6. The molecule has 1 saturated heterocycles. The molecule has 1 N–H and O–H groups in total. The molecule has 4 rings (SSSR count). The number of methoxy groups -OCH3 is 1. The predicted molar refractivity (Wildman–Crippen MR) is 146 cm³/mol. The van der Waals surface area contributed by atoms with E-state index in [1.807, 2.05) is 37.3 Å². The Kier molecular flexibility index (Phi) is 9.31. The van der Waals surface area contributed by atoms with Crippen LogP contribution in [0.3, 0.4) is 0 Å². The van der Waals surface area contributed by atoms with Gasteiger partial charge in [0.25, 0.3) is 0 Å². The van der Waals surface area contributed by atoms with Gasteiger partial charge in [0, 0.05) is 17.2 Å². The van der Waals surface area contributed by atoms with Crippen LogP contribution in [0.5, 0.6) is 5.75 Å². The second kappa shape index (κ2) is 12.9. The Bertz CT molecular complexity index is 1380. The van der Waals surface area contributed by atoms with Crippen LogP contribution in [0.2, 0.25) is 0 Å². The molecule has 0 saturated carbocycles. The molecule has 7 nitrogen and oxygen atoms in total. The van der Waals surface area contributed by atoms with Crippen molar-refractivity contribution in [3.63, 3.8) is 0 Å². The maximum Gasteiger partial charge on any atom is 0.416 e. The average Bonchev–Trinajstić information content (AvgIpc) is 3.31. The molecule has 2 atom stereocenters. The monoisotopic (exact) mass is 568 g/mol. The Morgan fingerprint density at radius 3 is 2.39 bits per heavy atom. The number of amides is 3. The Morgan fingerprint density at radius 2 is 1.76 bits per heavy atom. The lowest BCUT2D eigenvalue weighted by Crippen LogP contribution is -2.44. The van der Waals surface area contributed by atoms with E-state index in [4.69, 9.17) is 9.47 Å². The summed E-state index contributed by atoms with van der Waals surface area (Å²) in [6, 6.07) is 18.7. The molecule has 10 heteroatoms. The summed E-state index contributed by atoms with van der Waals surface area (Å²) in [4.78, 5) is 40.0. The number of nitrogens with one attached hydrogen (secondary N) is 1. The molecule has 1 aliphatic rings. The molecule has 1 unspecified atom stereocenters. The first-order valence-corrected chi connectivity index (χ1v) is 13.3. The zero-order chi connectivity index (χ0) is 29.6. The van der Waals surface area contributed by atoms with Gasteiger partial charge in [0.15, 0.2) is 0 Å². The molecule has 216 valence electrons. The molecular weight excluding hydrogens is 537 g/mol. The maximum atomic E-state index is 13.5. The lowest BCUT2D eigenvalue weighted by Gasteiger charge is -2.24. The molecule has 3 aromatic rings. The molecule has 1 aliphatic heterocycles. The fraction of sp³-hybridized carbons (Fsp3) is 0.323. The standard InChI is InChI=1S/C31H31F3N2O5/c1-3-22(29(38)36-26(19-41-30(36)39)17-20-7-5-4-6-8-20)15-21-9-14-27(40-2)23(16-21)18-28(37)35-25-12-10-24(11-13-25)31(32,33)34/h4-14,16,22,26H,3,15,17-19H2,1-2H3,(H,35,37)/t22?,26-/m0/s1. The number of carbonyl (C=O) groups is 3. The van der Waals surface area contributed by atoms with E-state index in [1.165, 1.54) is 24.1 Å². The highest BCUT2D eigenvalue weighted by atomic mass is 19.4. The van der Waals surface area contributed by atoms with E-state index >= 15 is 0 Å². The van der Waals surface area contributed by atoms with Crippen molar-refractivity contribution in [2.24, 2.45) is 5.92 Å². The molecule has 3 aromatic carbocycles. The number of hydrogen-bond acceptors (Lipinski definition) is 5. The van der Waals surface area contributed by atoms with E-state index in [2.05, 4.69) is 5.32 Å². The number of cyclic esters (lactones) is 1. The number of hydrogen-bond donors (Lipinski definition) is 1. The number of halogens is 3. The van der Waals surface area contributed by atoms with Gasteiger partial charge < -0.3 is 14.8 Å². The smallest absolute Gasteiger partial charge is 0.416 e. The van der Waals surface area contributed by atoms with Gasteiger partial charge in [-0.25, -0.2) is 9.69 Å². The van der Waals surface area contributed by atoms with E-state index in [9.17, 15) is 27.6 Å². The zero-order valence-corrected chi connectivity index (χ0v) is 22.7. The summed E-state index contributed by atoms with van der Waals surface area (Å²) < 4.78 is 49.1. The minimum Gasteiger partial charge on any atom is -0.496 e. The van der Waals surface area contributed by atoms with Gasteiger partial charge >= 0.3 is 12.3 Å². The van der Waals surface area contributed by atoms with Crippen LogP contribution in [0, 0.1) is 5.92 Å². The lowest BCUT2D eigenvalue weighted by molar-refractivity contribution is -0.137. The highest BCUT2D eigenvalue weighted by molar-refractivity contribution is 5.95. The van der Waals surface area contributed by atoms with Crippen LogP contribution in [0.1, 0.15) is 35.6 Å². The Balaban J connectivity index is 1.45. The summed E-state index contributed by atoms with van der Waals surface area (Å²) in [5, 5.41) is 2.60. The Labute approximate surface area is 236 Å². The topological polar surface area (TPSA) is 84.9 Å². The van der Waals surface area contributed by atoms with E-state index in [1.54, 1.807) is 18.2 Å². The summed E-state index contributed by atoms with van der Waals surface area (Å²) in [5.41, 5.74) is 1.75. The van der Waals surface area contributed by atoms with E-state index in [0.717, 1.165) is 23.3 Å². The quantitative estimate of drug-likeness (QED) is 0.322. The van der Waals surface area contributed by atoms with Gasteiger partial charge in [-0.3, -0.25) is 9.59 Å². The molecule has 0 aromatic heterocycles. The highest BCUT2D eigenvalue weighted by Crippen LogP contribution is 2.30. The van der Waals surface area contributed by atoms with E-state index in [-0.39, 0.29) is 24.6 Å². The van der Waals surface area contributed by atoms with Gasteiger partial charge in [0.05, 0.1) is 25.1 Å². The summed E-state index contributed by atoms with van der Waals surface area (Å²) in [6.45, 7) is 2.01. The molecule has 1 fully saturated rings. The van der Waals surface area contributed by atoms with Crippen molar-refractivity contribution < 1.29 is 37.0 Å². The molecule has 41 heavy (non-hydrogen) atoms.